The van der Waals surface area contributed by atoms with Gasteiger partial charge in [-0.2, -0.15) is 0 Å². The van der Waals surface area contributed by atoms with Crippen molar-refractivity contribution in [1.82, 2.24) is 0 Å². The fourth-order valence-electron chi connectivity index (χ4n) is 9.64. The van der Waals surface area contributed by atoms with E-state index in [0.29, 0.717) is 12.8 Å². The number of rotatable bonds is 60. The van der Waals surface area contributed by atoms with Crippen LogP contribution in [0.5, 0.6) is 0 Å². The Morgan fingerprint density at radius 3 is 0.892 bits per heavy atom. The van der Waals surface area contributed by atoms with Crippen LogP contribution in [-0.4, -0.2) is 36.4 Å². The summed E-state index contributed by atoms with van der Waals surface area (Å²) in [6.45, 7) is 4.07. The number of esters is 2. The maximum atomic E-state index is 12.3. The number of unbranched alkanes of at least 4 members (excludes halogenated alkanes) is 40. The first-order chi connectivity index (χ1) is 36.6. The Morgan fingerprint density at radius 2 is 0.581 bits per heavy atom. The Balaban J connectivity index is 3.44. The van der Waals surface area contributed by atoms with Gasteiger partial charge in [0, 0.05) is 12.8 Å². The second-order valence-corrected chi connectivity index (χ2v) is 21.8. The minimum atomic E-state index is -0.773. The van der Waals surface area contributed by atoms with E-state index in [2.05, 4.69) is 86.8 Å². The van der Waals surface area contributed by atoms with Crippen molar-refractivity contribution in [3.63, 3.8) is 0 Å². The standard InChI is InChI=1S/C69H124O5/c1-3-5-7-9-11-13-15-17-19-21-23-25-27-29-31-32-33-34-35-36-38-40-42-44-46-48-50-52-54-56-58-60-62-64-69(72)74-67(65-70)66-73-68(71)63-61-59-57-55-53-51-49-47-45-43-41-39-37-30-28-26-24-22-20-18-16-14-12-10-8-6-4-2/h5,7,11,13,17,19,22-25,29,31,67,70H,3-4,6,8-10,12,14-16,18,20-21,26-28,30,32-66H2,1-2H3/b7-5-,13-11-,19-17-,24-22-,25-23-,31-29-. The first-order valence-electron chi connectivity index (χ1n) is 32.5. The highest BCUT2D eigenvalue weighted by atomic mass is 16.6. The van der Waals surface area contributed by atoms with Gasteiger partial charge >= 0.3 is 11.9 Å². The van der Waals surface area contributed by atoms with Crippen molar-refractivity contribution in [2.45, 2.75) is 341 Å². The fourth-order valence-corrected chi connectivity index (χ4v) is 9.64. The molecule has 0 heterocycles. The Morgan fingerprint density at radius 1 is 0.324 bits per heavy atom. The van der Waals surface area contributed by atoms with E-state index in [-0.39, 0.29) is 25.2 Å². The summed E-state index contributed by atoms with van der Waals surface area (Å²) < 4.78 is 10.7. The van der Waals surface area contributed by atoms with Crippen LogP contribution in [0.1, 0.15) is 335 Å². The van der Waals surface area contributed by atoms with Gasteiger partial charge in [0.05, 0.1) is 6.61 Å². The van der Waals surface area contributed by atoms with Crippen LogP contribution in [0.2, 0.25) is 0 Å². The van der Waals surface area contributed by atoms with Crippen LogP contribution in [0.15, 0.2) is 72.9 Å². The second-order valence-electron chi connectivity index (χ2n) is 21.8. The predicted octanol–water partition coefficient (Wildman–Crippen LogP) is 22.3. The summed E-state index contributed by atoms with van der Waals surface area (Å²) in [6, 6.07) is 0. The van der Waals surface area contributed by atoms with E-state index >= 15 is 0 Å². The highest BCUT2D eigenvalue weighted by molar-refractivity contribution is 5.70. The Labute approximate surface area is 461 Å². The molecule has 0 amide bonds. The molecule has 0 saturated heterocycles. The summed E-state index contributed by atoms with van der Waals surface area (Å²) in [5, 5.41) is 9.69. The number of carbonyl (C=O) groups excluding carboxylic acids is 2. The van der Waals surface area contributed by atoms with E-state index in [1.165, 1.54) is 238 Å². The van der Waals surface area contributed by atoms with Crippen molar-refractivity contribution in [2.75, 3.05) is 13.2 Å². The molecule has 0 radical (unpaired) electrons. The second kappa shape index (κ2) is 64.6. The van der Waals surface area contributed by atoms with Gasteiger partial charge in [0.15, 0.2) is 6.10 Å². The third kappa shape index (κ3) is 61.9. The molecule has 0 aliphatic carbocycles. The van der Waals surface area contributed by atoms with E-state index in [4.69, 9.17) is 9.47 Å². The van der Waals surface area contributed by atoms with Crippen LogP contribution in [0.3, 0.4) is 0 Å². The van der Waals surface area contributed by atoms with Crippen molar-refractivity contribution in [3.05, 3.63) is 72.9 Å². The maximum absolute atomic E-state index is 12.3. The lowest BCUT2D eigenvalue weighted by atomic mass is 10.0. The third-order valence-electron chi connectivity index (χ3n) is 14.5. The molecule has 0 aromatic heterocycles. The van der Waals surface area contributed by atoms with E-state index < -0.39 is 6.10 Å². The van der Waals surface area contributed by atoms with Gasteiger partial charge in [0.1, 0.15) is 6.61 Å². The molecule has 0 aromatic carbocycles. The molecule has 5 nitrogen and oxygen atoms in total. The number of carbonyl (C=O) groups is 2. The van der Waals surface area contributed by atoms with Crippen LogP contribution >= 0.6 is 0 Å². The molecule has 1 atom stereocenters. The highest BCUT2D eigenvalue weighted by Crippen LogP contribution is 2.18. The van der Waals surface area contributed by atoms with Crippen molar-refractivity contribution in [3.8, 4) is 0 Å². The molecule has 1 N–H and O–H groups in total. The summed E-state index contributed by atoms with van der Waals surface area (Å²) >= 11 is 0. The lowest BCUT2D eigenvalue weighted by Crippen LogP contribution is -2.28. The summed E-state index contributed by atoms with van der Waals surface area (Å²) in [4.78, 5) is 24.6. The van der Waals surface area contributed by atoms with Gasteiger partial charge in [-0.1, -0.05) is 311 Å². The molecule has 0 aliphatic rings. The number of hydrogen-bond donors (Lipinski definition) is 1. The zero-order chi connectivity index (χ0) is 53.4. The van der Waals surface area contributed by atoms with Crippen molar-refractivity contribution in [2.24, 2.45) is 0 Å². The molecule has 0 rings (SSSR count). The smallest absolute Gasteiger partial charge is 0.306 e. The van der Waals surface area contributed by atoms with Crippen LogP contribution in [0.4, 0.5) is 0 Å². The van der Waals surface area contributed by atoms with E-state index in [1.54, 1.807) is 0 Å². The van der Waals surface area contributed by atoms with Gasteiger partial charge < -0.3 is 14.6 Å². The topological polar surface area (TPSA) is 72.8 Å². The number of aliphatic hydroxyl groups is 1. The van der Waals surface area contributed by atoms with Crippen LogP contribution in [-0.2, 0) is 19.1 Å². The predicted molar refractivity (Wildman–Crippen MR) is 325 cm³/mol. The molecule has 0 aliphatic heterocycles. The molecule has 0 fully saturated rings. The molecule has 0 saturated carbocycles. The van der Waals surface area contributed by atoms with Gasteiger partial charge in [0.25, 0.3) is 0 Å². The Hall–Kier alpha value is -2.66. The summed E-state index contributed by atoms with van der Waals surface area (Å²) in [5.41, 5.74) is 0. The van der Waals surface area contributed by atoms with E-state index in [1.807, 2.05) is 0 Å². The van der Waals surface area contributed by atoms with Crippen molar-refractivity contribution < 1.29 is 24.2 Å². The lowest BCUT2D eigenvalue weighted by molar-refractivity contribution is -0.161. The molecule has 1 unspecified atom stereocenters. The normalized spacial score (nSPS) is 12.6. The van der Waals surface area contributed by atoms with Gasteiger partial charge in [-0.3, -0.25) is 9.59 Å². The first kappa shape index (κ1) is 71.3. The SMILES string of the molecule is CC/C=C\C/C=C\C/C=C\C/C=C\C/C=C\CCCCCCCCCCCCCCCCCCCC(=O)OC(CO)COC(=O)CCCCCCCCCCCCCCCCC/C=C\CCCCCCCCCC. The zero-order valence-electron chi connectivity index (χ0n) is 49.4. The molecule has 0 spiro atoms. The summed E-state index contributed by atoms with van der Waals surface area (Å²) in [6.07, 6.45) is 89.1. The molecule has 0 bridgehead atoms. The van der Waals surface area contributed by atoms with Gasteiger partial charge in [-0.05, 0) is 83.5 Å². The van der Waals surface area contributed by atoms with Crippen molar-refractivity contribution >= 4 is 11.9 Å². The average molecular weight is 1030 g/mol. The summed E-state index contributed by atoms with van der Waals surface area (Å²) in [5.74, 6) is -0.575. The van der Waals surface area contributed by atoms with Crippen LogP contribution < -0.4 is 0 Å². The fraction of sp³-hybridized carbons (Fsp3) is 0.797. The summed E-state index contributed by atoms with van der Waals surface area (Å²) in [7, 11) is 0. The molecule has 430 valence electrons. The maximum Gasteiger partial charge on any atom is 0.306 e. The minimum absolute atomic E-state index is 0.0632. The van der Waals surface area contributed by atoms with Gasteiger partial charge in [0.2, 0.25) is 0 Å². The van der Waals surface area contributed by atoms with E-state index in [0.717, 1.165) is 70.6 Å². The quantitative estimate of drug-likeness (QED) is 0.0373. The molecule has 74 heavy (non-hydrogen) atoms. The monoisotopic (exact) mass is 1030 g/mol. The molecule has 0 aromatic rings. The minimum Gasteiger partial charge on any atom is -0.462 e. The largest absolute Gasteiger partial charge is 0.462 e. The first-order valence-corrected chi connectivity index (χ1v) is 32.5. The number of aliphatic hydroxyl groups excluding tert-OH is 1. The average Bonchev–Trinajstić information content (AvgIpc) is 3.40. The third-order valence-corrected chi connectivity index (χ3v) is 14.5. The Kier molecular flexibility index (Phi) is 62.3. The zero-order valence-corrected chi connectivity index (χ0v) is 49.4. The number of hydrogen-bond acceptors (Lipinski definition) is 5. The molecule has 5 heteroatoms. The molecular formula is C69H124O5. The van der Waals surface area contributed by atoms with E-state index in [9.17, 15) is 14.7 Å². The van der Waals surface area contributed by atoms with Crippen LogP contribution in [0.25, 0.3) is 0 Å². The van der Waals surface area contributed by atoms with Gasteiger partial charge in [-0.15, -0.1) is 0 Å². The Bertz CT molecular complexity index is 1310. The lowest BCUT2D eigenvalue weighted by Gasteiger charge is -2.15. The molecular weight excluding hydrogens is 909 g/mol. The number of allylic oxidation sites excluding steroid dienone is 12. The highest BCUT2D eigenvalue weighted by Gasteiger charge is 2.16. The van der Waals surface area contributed by atoms with Crippen LogP contribution in [0, 0.1) is 0 Å². The van der Waals surface area contributed by atoms with Crippen molar-refractivity contribution in [1.29, 1.82) is 0 Å². The van der Waals surface area contributed by atoms with Gasteiger partial charge in [-0.25, -0.2) is 0 Å². The number of ether oxygens (including phenoxy) is 2.